The van der Waals surface area contributed by atoms with Gasteiger partial charge in [-0.1, -0.05) is 27.7 Å². The molecular weight excluding hydrogens is 262 g/mol. The molecular formula is C18H27NO2. The Morgan fingerprint density at radius 2 is 1.95 bits per heavy atom. The van der Waals surface area contributed by atoms with Crippen molar-refractivity contribution in [3.8, 4) is 5.75 Å². The molecule has 0 spiro atoms. The maximum atomic E-state index is 6.07. The molecule has 0 aliphatic rings. The van der Waals surface area contributed by atoms with Crippen LogP contribution >= 0.6 is 0 Å². The van der Waals surface area contributed by atoms with Gasteiger partial charge in [-0.15, -0.1) is 0 Å². The highest BCUT2D eigenvalue weighted by atomic mass is 16.5. The van der Waals surface area contributed by atoms with Crippen molar-refractivity contribution in [1.82, 2.24) is 5.32 Å². The van der Waals surface area contributed by atoms with Gasteiger partial charge in [0, 0.05) is 17.0 Å². The van der Waals surface area contributed by atoms with Crippen molar-refractivity contribution in [2.45, 2.75) is 53.6 Å². The average molecular weight is 289 g/mol. The number of rotatable bonds is 7. The Morgan fingerprint density at radius 3 is 2.57 bits per heavy atom. The van der Waals surface area contributed by atoms with E-state index in [1.165, 1.54) is 10.9 Å². The Bertz CT molecular complexity index is 584. The highest BCUT2D eigenvalue weighted by Gasteiger charge is 2.16. The molecule has 116 valence electrons. The van der Waals surface area contributed by atoms with E-state index in [0.717, 1.165) is 30.1 Å². The molecule has 0 atom stereocenters. The van der Waals surface area contributed by atoms with E-state index in [9.17, 15) is 0 Å². The normalized spacial score (nSPS) is 11.8. The van der Waals surface area contributed by atoms with Gasteiger partial charge < -0.3 is 14.5 Å². The molecule has 1 N–H and O–H groups in total. The van der Waals surface area contributed by atoms with E-state index in [1.54, 1.807) is 0 Å². The van der Waals surface area contributed by atoms with E-state index in [1.807, 2.05) is 19.1 Å². The van der Waals surface area contributed by atoms with Crippen LogP contribution in [-0.2, 0) is 13.0 Å². The van der Waals surface area contributed by atoms with E-state index < -0.39 is 0 Å². The quantitative estimate of drug-likeness (QED) is 0.813. The summed E-state index contributed by atoms with van der Waals surface area (Å²) in [7, 11) is 0. The van der Waals surface area contributed by atoms with Gasteiger partial charge in [-0.3, -0.25) is 0 Å². The number of furan rings is 1. The van der Waals surface area contributed by atoms with Crippen molar-refractivity contribution in [1.29, 1.82) is 0 Å². The van der Waals surface area contributed by atoms with Gasteiger partial charge >= 0.3 is 0 Å². The van der Waals surface area contributed by atoms with E-state index in [2.05, 4.69) is 39.1 Å². The standard InChI is InChI=1S/C18H27NO2/c1-6-20-14-7-8-17-16(10-14)15(9-12(2)3)18(21-17)11-19-13(4)5/h7-8,10,12-13,19H,6,9,11H2,1-5H3. The van der Waals surface area contributed by atoms with Crippen LogP contribution < -0.4 is 10.1 Å². The Morgan fingerprint density at radius 1 is 1.19 bits per heavy atom. The molecule has 0 radical (unpaired) electrons. The lowest BCUT2D eigenvalue weighted by Gasteiger charge is -2.09. The zero-order valence-corrected chi connectivity index (χ0v) is 13.8. The molecule has 0 bridgehead atoms. The summed E-state index contributed by atoms with van der Waals surface area (Å²) >= 11 is 0. The summed E-state index contributed by atoms with van der Waals surface area (Å²) in [5, 5.41) is 4.64. The summed E-state index contributed by atoms with van der Waals surface area (Å²) < 4.78 is 11.7. The fourth-order valence-corrected chi connectivity index (χ4v) is 2.51. The Balaban J connectivity index is 2.41. The largest absolute Gasteiger partial charge is 0.494 e. The number of fused-ring (bicyclic) bond motifs is 1. The number of hydrogen-bond donors (Lipinski definition) is 1. The van der Waals surface area contributed by atoms with Crippen molar-refractivity contribution in [2.24, 2.45) is 5.92 Å². The molecule has 1 aromatic carbocycles. The maximum Gasteiger partial charge on any atom is 0.134 e. The molecule has 3 nitrogen and oxygen atoms in total. The van der Waals surface area contributed by atoms with Crippen LogP contribution in [0.2, 0.25) is 0 Å². The topological polar surface area (TPSA) is 34.4 Å². The van der Waals surface area contributed by atoms with Gasteiger partial charge in [0.15, 0.2) is 0 Å². The van der Waals surface area contributed by atoms with E-state index in [0.29, 0.717) is 18.6 Å². The second-order valence-electron chi connectivity index (χ2n) is 6.23. The van der Waals surface area contributed by atoms with Crippen LogP contribution in [0.1, 0.15) is 45.9 Å². The molecule has 0 saturated carbocycles. The summed E-state index contributed by atoms with van der Waals surface area (Å²) in [4.78, 5) is 0. The molecule has 1 aromatic heterocycles. The predicted molar refractivity (Wildman–Crippen MR) is 87.9 cm³/mol. The van der Waals surface area contributed by atoms with Crippen molar-refractivity contribution in [3.05, 3.63) is 29.5 Å². The molecule has 0 aliphatic heterocycles. The Labute approximate surface area is 127 Å². The van der Waals surface area contributed by atoms with Gasteiger partial charge in [-0.2, -0.15) is 0 Å². The van der Waals surface area contributed by atoms with Gasteiger partial charge in [-0.05, 0) is 37.5 Å². The highest BCUT2D eigenvalue weighted by molar-refractivity contribution is 5.83. The van der Waals surface area contributed by atoms with Crippen LogP contribution in [-0.4, -0.2) is 12.6 Å². The van der Waals surface area contributed by atoms with Gasteiger partial charge in [-0.25, -0.2) is 0 Å². The van der Waals surface area contributed by atoms with Crippen molar-refractivity contribution >= 4 is 11.0 Å². The molecule has 21 heavy (non-hydrogen) atoms. The predicted octanol–water partition coefficient (Wildman–Crippen LogP) is 4.53. The third kappa shape index (κ3) is 4.01. The fourth-order valence-electron chi connectivity index (χ4n) is 2.51. The first-order valence-corrected chi connectivity index (χ1v) is 7.91. The van der Waals surface area contributed by atoms with E-state index in [4.69, 9.17) is 9.15 Å². The van der Waals surface area contributed by atoms with Crippen LogP contribution in [0.5, 0.6) is 5.75 Å². The SMILES string of the molecule is CCOc1ccc2oc(CNC(C)C)c(CC(C)C)c2c1. The lowest BCUT2D eigenvalue weighted by atomic mass is 9.99. The lowest BCUT2D eigenvalue weighted by molar-refractivity contribution is 0.340. The molecule has 1 heterocycles. The van der Waals surface area contributed by atoms with Gasteiger partial charge in [0.05, 0.1) is 13.2 Å². The second-order valence-corrected chi connectivity index (χ2v) is 6.23. The van der Waals surface area contributed by atoms with Crippen LogP contribution in [0, 0.1) is 5.92 Å². The summed E-state index contributed by atoms with van der Waals surface area (Å²) in [6.07, 6.45) is 1.03. The van der Waals surface area contributed by atoms with Crippen molar-refractivity contribution < 1.29 is 9.15 Å². The third-order valence-electron chi connectivity index (χ3n) is 3.44. The summed E-state index contributed by atoms with van der Waals surface area (Å²) in [5.41, 5.74) is 2.27. The molecule has 2 aromatic rings. The first kappa shape index (κ1) is 15.9. The van der Waals surface area contributed by atoms with Crippen LogP contribution in [0.25, 0.3) is 11.0 Å². The molecule has 0 saturated heterocycles. The first-order valence-electron chi connectivity index (χ1n) is 7.91. The Hall–Kier alpha value is -1.48. The summed E-state index contributed by atoms with van der Waals surface area (Å²) in [5.74, 6) is 2.57. The number of benzene rings is 1. The molecule has 3 heteroatoms. The fraction of sp³-hybridized carbons (Fsp3) is 0.556. The highest BCUT2D eigenvalue weighted by Crippen LogP contribution is 2.31. The number of nitrogens with one attached hydrogen (secondary N) is 1. The molecule has 2 rings (SSSR count). The maximum absolute atomic E-state index is 6.07. The minimum absolute atomic E-state index is 0.448. The van der Waals surface area contributed by atoms with E-state index in [-0.39, 0.29) is 0 Å². The van der Waals surface area contributed by atoms with E-state index >= 15 is 0 Å². The number of hydrogen-bond acceptors (Lipinski definition) is 3. The minimum atomic E-state index is 0.448. The molecule has 0 unspecified atom stereocenters. The second kappa shape index (κ2) is 6.99. The lowest BCUT2D eigenvalue weighted by Crippen LogP contribution is -2.22. The van der Waals surface area contributed by atoms with Crippen LogP contribution in [0.4, 0.5) is 0 Å². The molecule has 0 fully saturated rings. The first-order chi connectivity index (χ1) is 10.0. The zero-order chi connectivity index (χ0) is 15.4. The monoisotopic (exact) mass is 289 g/mol. The molecule has 0 amide bonds. The molecule has 0 aliphatic carbocycles. The summed E-state index contributed by atoms with van der Waals surface area (Å²) in [6, 6.07) is 6.56. The van der Waals surface area contributed by atoms with Crippen molar-refractivity contribution in [2.75, 3.05) is 6.61 Å². The summed E-state index contributed by atoms with van der Waals surface area (Å²) in [6.45, 7) is 12.3. The smallest absolute Gasteiger partial charge is 0.134 e. The van der Waals surface area contributed by atoms with Gasteiger partial charge in [0.25, 0.3) is 0 Å². The van der Waals surface area contributed by atoms with Gasteiger partial charge in [0.2, 0.25) is 0 Å². The number of ether oxygens (including phenoxy) is 1. The average Bonchev–Trinajstić information content (AvgIpc) is 2.74. The third-order valence-corrected chi connectivity index (χ3v) is 3.44. The van der Waals surface area contributed by atoms with Crippen molar-refractivity contribution in [3.63, 3.8) is 0 Å². The van der Waals surface area contributed by atoms with Crippen LogP contribution in [0.3, 0.4) is 0 Å². The van der Waals surface area contributed by atoms with Gasteiger partial charge in [0.1, 0.15) is 17.1 Å². The minimum Gasteiger partial charge on any atom is -0.494 e. The van der Waals surface area contributed by atoms with Crippen LogP contribution in [0.15, 0.2) is 22.6 Å². The zero-order valence-electron chi connectivity index (χ0n) is 13.8. The Kier molecular flexibility index (Phi) is 5.29.